The molecule has 122 valence electrons. The van der Waals surface area contributed by atoms with Crippen LogP contribution in [-0.2, 0) is 4.74 Å². The van der Waals surface area contributed by atoms with E-state index in [1.165, 1.54) is 11.3 Å². The Bertz CT molecular complexity index is 693. The summed E-state index contributed by atoms with van der Waals surface area (Å²) in [6.07, 6.45) is 2.04. The van der Waals surface area contributed by atoms with Crippen LogP contribution in [0.2, 0.25) is 0 Å². The molecule has 3 rings (SSSR count). The first-order chi connectivity index (χ1) is 11.1. The zero-order valence-corrected chi connectivity index (χ0v) is 14.1. The Morgan fingerprint density at radius 2 is 2.13 bits per heavy atom. The standard InChI is InChI=1S/C17H20N2O3S/c1-11-9-13(19-17(20)15-10-23-12(2)18-15)3-4-16(11)22-14-5-7-21-8-6-14/h3-4,9-10,14H,5-8H2,1-2H3,(H,19,20). The molecule has 1 aliphatic heterocycles. The number of carbonyl (C=O) groups excluding carboxylic acids is 1. The molecule has 2 aromatic rings. The Labute approximate surface area is 139 Å². The van der Waals surface area contributed by atoms with Gasteiger partial charge in [0.25, 0.3) is 5.91 Å². The predicted molar refractivity (Wildman–Crippen MR) is 90.5 cm³/mol. The minimum atomic E-state index is -0.188. The maximum Gasteiger partial charge on any atom is 0.275 e. The molecule has 5 nitrogen and oxygen atoms in total. The van der Waals surface area contributed by atoms with Gasteiger partial charge in [0, 0.05) is 23.9 Å². The molecule has 1 aliphatic rings. The maximum atomic E-state index is 12.1. The van der Waals surface area contributed by atoms with Gasteiger partial charge in [0.1, 0.15) is 17.5 Å². The first kappa shape index (κ1) is 16.0. The number of aromatic nitrogens is 1. The van der Waals surface area contributed by atoms with Gasteiger partial charge in [-0.25, -0.2) is 4.98 Å². The molecule has 1 fully saturated rings. The molecule has 0 radical (unpaired) electrons. The highest BCUT2D eigenvalue weighted by Gasteiger charge is 2.16. The molecule has 1 aromatic carbocycles. The molecule has 6 heteroatoms. The van der Waals surface area contributed by atoms with E-state index < -0.39 is 0 Å². The van der Waals surface area contributed by atoms with Crippen LogP contribution in [0.15, 0.2) is 23.6 Å². The molecule has 1 saturated heterocycles. The average Bonchev–Trinajstić information content (AvgIpc) is 2.98. The second kappa shape index (κ2) is 7.10. The fourth-order valence-electron chi connectivity index (χ4n) is 2.50. The van der Waals surface area contributed by atoms with Crippen molar-refractivity contribution in [3.05, 3.63) is 39.8 Å². The minimum absolute atomic E-state index is 0.188. The molecular weight excluding hydrogens is 312 g/mol. The van der Waals surface area contributed by atoms with Crippen LogP contribution in [0, 0.1) is 13.8 Å². The van der Waals surface area contributed by atoms with Gasteiger partial charge in [-0.15, -0.1) is 11.3 Å². The van der Waals surface area contributed by atoms with Crippen LogP contribution in [-0.4, -0.2) is 30.2 Å². The maximum absolute atomic E-state index is 12.1. The van der Waals surface area contributed by atoms with Crippen LogP contribution in [0.5, 0.6) is 5.75 Å². The molecule has 0 saturated carbocycles. The van der Waals surface area contributed by atoms with Crippen molar-refractivity contribution in [3.8, 4) is 5.75 Å². The monoisotopic (exact) mass is 332 g/mol. The molecule has 0 bridgehead atoms. The summed E-state index contributed by atoms with van der Waals surface area (Å²) >= 11 is 1.47. The summed E-state index contributed by atoms with van der Waals surface area (Å²) < 4.78 is 11.4. The topological polar surface area (TPSA) is 60.5 Å². The second-order valence-electron chi connectivity index (χ2n) is 5.62. The third kappa shape index (κ3) is 4.09. The van der Waals surface area contributed by atoms with E-state index in [-0.39, 0.29) is 12.0 Å². The van der Waals surface area contributed by atoms with Gasteiger partial charge >= 0.3 is 0 Å². The highest BCUT2D eigenvalue weighted by atomic mass is 32.1. The molecule has 0 atom stereocenters. The van der Waals surface area contributed by atoms with Gasteiger partial charge in [-0.2, -0.15) is 0 Å². The smallest absolute Gasteiger partial charge is 0.275 e. The lowest BCUT2D eigenvalue weighted by Crippen LogP contribution is -2.26. The van der Waals surface area contributed by atoms with E-state index >= 15 is 0 Å². The normalized spacial score (nSPS) is 15.4. The third-order valence-electron chi connectivity index (χ3n) is 3.75. The van der Waals surface area contributed by atoms with Crippen LogP contribution < -0.4 is 10.1 Å². The van der Waals surface area contributed by atoms with E-state index in [1.54, 1.807) is 5.38 Å². The average molecular weight is 332 g/mol. The summed E-state index contributed by atoms with van der Waals surface area (Å²) in [5.41, 5.74) is 2.20. The van der Waals surface area contributed by atoms with Gasteiger partial charge in [0.15, 0.2) is 0 Å². The van der Waals surface area contributed by atoms with Crippen molar-refractivity contribution in [2.75, 3.05) is 18.5 Å². The number of hydrogen-bond acceptors (Lipinski definition) is 5. The van der Waals surface area contributed by atoms with Crippen molar-refractivity contribution in [2.24, 2.45) is 0 Å². The third-order valence-corrected chi connectivity index (χ3v) is 4.52. The molecule has 23 heavy (non-hydrogen) atoms. The van der Waals surface area contributed by atoms with E-state index in [1.807, 2.05) is 32.0 Å². The van der Waals surface area contributed by atoms with Crippen LogP contribution in [0.4, 0.5) is 5.69 Å². The lowest BCUT2D eigenvalue weighted by Gasteiger charge is -2.24. The number of anilines is 1. The Morgan fingerprint density at radius 1 is 1.35 bits per heavy atom. The van der Waals surface area contributed by atoms with Gasteiger partial charge < -0.3 is 14.8 Å². The zero-order valence-electron chi connectivity index (χ0n) is 13.3. The molecule has 2 heterocycles. The number of thiazole rings is 1. The van der Waals surface area contributed by atoms with Gasteiger partial charge in [-0.1, -0.05) is 0 Å². The number of amides is 1. The highest BCUT2D eigenvalue weighted by Crippen LogP contribution is 2.25. The lowest BCUT2D eigenvalue weighted by atomic mass is 10.1. The molecule has 0 unspecified atom stereocenters. The van der Waals surface area contributed by atoms with Crippen molar-refractivity contribution in [3.63, 3.8) is 0 Å². The zero-order chi connectivity index (χ0) is 16.2. The summed E-state index contributed by atoms with van der Waals surface area (Å²) in [5, 5.41) is 5.52. The summed E-state index contributed by atoms with van der Waals surface area (Å²) in [6, 6.07) is 5.69. The summed E-state index contributed by atoms with van der Waals surface area (Å²) in [4.78, 5) is 16.3. The van der Waals surface area contributed by atoms with Crippen LogP contribution in [0.3, 0.4) is 0 Å². The minimum Gasteiger partial charge on any atom is -0.490 e. The molecular formula is C17H20N2O3S. The van der Waals surface area contributed by atoms with E-state index in [0.717, 1.165) is 48.1 Å². The largest absolute Gasteiger partial charge is 0.490 e. The first-order valence-corrected chi connectivity index (χ1v) is 8.58. The predicted octanol–water partition coefficient (Wildman–Crippen LogP) is 3.57. The van der Waals surface area contributed by atoms with Crippen molar-refractivity contribution in [1.29, 1.82) is 0 Å². The number of hydrogen-bond donors (Lipinski definition) is 1. The highest BCUT2D eigenvalue weighted by molar-refractivity contribution is 7.09. The fourth-order valence-corrected chi connectivity index (χ4v) is 3.09. The molecule has 1 N–H and O–H groups in total. The van der Waals surface area contributed by atoms with Crippen molar-refractivity contribution in [2.45, 2.75) is 32.8 Å². The Hall–Kier alpha value is -1.92. The Balaban J connectivity index is 1.65. The molecule has 1 aromatic heterocycles. The summed E-state index contributed by atoms with van der Waals surface area (Å²) in [5.74, 6) is 0.672. The Morgan fingerprint density at radius 3 is 2.78 bits per heavy atom. The number of benzene rings is 1. The number of nitrogens with zero attached hydrogens (tertiary/aromatic N) is 1. The van der Waals surface area contributed by atoms with Crippen LogP contribution in [0.1, 0.15) is 33.9 Å². The van der Waals surface area contributed by atoms with Gasteiger partial charge in [-0.3, -0.25) is 4.79 Å². The quantitative estimate of drug-likeness (QED) is 0.930. The number of ether oxygens (including phenoxy) is 2. The van der Waals surface area contributed by atoms with E-state index in [0.29, 0.717) is 5.69 Å². The molecule has 1 amide bonds. The van der Waals surface area contributed by atoms with Crippen LogP contribution >= 0.6 is 11.3 Å². The SMILES string of the molecule is Cc1nc(C(=O)Nc2ccc(OC3CCOCC3)c(C)c2)cs1. The van der Waals surface area contributed by atoms with Gasteiger partial charge in [-0.05, 0) is 37.6 Å². The van der Waals surface area contributed by atoms with E-state index in [4.69, 9.17) is 9.47 Å². The number of rotatable bonds is 4. The summed E-state index contributed by atoms with van der Waals surface area (Å²) in [6.45, 7) is 5.38. The van der Waals surface area contributed by atoms with E-state index in [9.17, 15) is 4.79 Å². The van der Waals surface area contributed by atoms with Crippen molar-refractivity contribution in [1.82, 2.24) is 4.98 Å². The fraction of sp³-hybridized carbons (Fsp3) is 0.412. The van der Waals surface area contributed by atoms with E-state index in [2.05, 4.69) is 10.3 Å². The van der Waals surface area contributed by atoms with Crippen molar-refractivity contribution >= 4 is 22.9 Å². The van der Waals surface area contributed by atoms with Gasteiger partial charge in [0.2, 0.25) is 0 Å². The second-order valence-corrected chi connectivity index (χ2v) is 6.68. The van der Waals surface area contributed by atoms with Crippen molar-refractivity contribution < 1.29 is 14.3 Å². The Kier molecular flexibility index (Phi) is 4.93. The first-order valence-electron chi connectivity index (χ1n) is 7.70. The number of carbonyl (C=O) groups is 1. The molecule has 0 aliphatic carbocycles. The number of aryl methyl sites for hydroxylation is 2. The van der Waals surface area contributed by atoms with Gasteiger partial charge in [0.05, 0.1) is 18.2 Å². The number of nitrogens with one attached hydrogen (secondary N) is 1. The lowest BCUT2D eigenvalue weighted by molar-refractivity contribution is 0.0253. The summed E-state index contributed by atoms with van der Waals surface area (Å²) in [7, 11) is 0. The van der Waals surface area contributed by atoms with Crippen LogP contribution in [0.25, 0.3) is 0 Å². The molecule has 0 spiro atoms.